The molecule has 0 radical (unpaired) electrons. The number of benzene rings is 1. The minimum absolute atomic E-state index is 0.00843. The second-order valence-electron chi connectivity index (χ2n) is 6.66. The van der Waals surface area contributed by atoms with Gasteiger partial charge in [0.25, 0.3) is 5.91 Å². The summed E-state index contributed by atoms with van der Waals surface area (Å²) in [6, 6.07) is 10.2. The van der Waals surface area contributed by atoms with E-state index >= 15 is 0 Å². The van der Waals surface area contributed by atoms with Crippen LogP contribution in [0.25, 0.3) is 5.65 Å². The highest BCUT2D eigenvalue weighted by molar-refractivity contribution is 5.94. The van der Waals surface area contributed by atoms with Gasteiger partial charge in [0.05, 0.1) is 5.56 Å². The Hall–Kier alpha value is -2.90. The van der Waals surface area contributed by atoms with Crippen LogP contribution in [0.1, 0.15) is 40.5 Å². The molecule has 1 aromatic carbocycles. The molecule has 2 aromatic heterocycles. The molecule has 3 aromatic rings. The molecule has 1 amide bonds. The van der Waals surface area contributed by atoms with Crippen molar-refractivity contribution in [2.75, 3.05) is 13.1 Å². The van der Waals surface area contributed by atoms with Crippen LogP contribution in [0.4, 0.5) is 13.2 Å². The summed E-state index contributed by atoms with van der Waals surface area (Å²) in [4.78, 5) is 14.4. The number of hydrogen-bond acceptors (Lipinski definition) is 3. The highest BCUT2D eigenvalue weighted by Gasteiger charge is 2.32. The summed E-state index contributed by atoms with van der Waals surface area (Å²) in [5, 5.41) is 8.40. The molecule has 1 saturated heterocycles. The SMILES string of the molecule is O=C(c1cccc(C(F)(F)F)c1)N1CCCC(c2nnc3ccccn23)C1. The number of carbonyl (C=O) groups excluding carboxylic acids is 1. The zero-order valence-corrected chi connectivity index (χ0v) is 14.4. The summed E-state index contributed by atoms with van der Waals surface area (Å²) in [5.41, 5.74) is -0.0317. The van der Waals surface area contributed by atoms with Crippen molar-refractivity contribution in [3.8, 4) is 0 Å². The van der Waals surface area contributed by atoms with Gasteiger partial charge in [-0.1, -0.05) is 12.1 Å². The van der Waals surface area contributed by atoms with Gasteiger partial charge in [-0.25, -0.2) is 0 Å². The van der Waals surface area contributed by atoms with Gasteiger partial charge in [0.1, 0.15) is 5.82 Å². The van der Waals surface area contributed by atoms with E-state index in [0.29, 0.717) is 13.1 Å². The fraction of sp³-hybridized carbons (Fsp3) is 0.316. The van der Waals surface area contributed by atoms with E-state index in [1.54, 1.807) is 4.90 Å². The molecule has 1 atom stereocenters. The Morgan fingerprint density at radius 1 is 1.11 bits per heavy atom. The number of rotatable bonds is 2. The third-order valence-corrected chi connectivity index (χ3v) is 4.85. The van der Waals surface area contributed by atoms with Gasteiger partial charge in [-0.3, -0.25) is 9.20 Å². The molecule has 0 saturated carbocycles. The van der Waals surface area contributed by atoms with Gasteiger partial charge in [0.15, 0.2) is 5.65 Å². The summed E-state index contributed by atoms with van der Waals surface area (Å²) in [6.07, 6.45) is -0.988. The molecule has 140 valence electrons. The lowest BCUT2D eigenvalue weighted by molar-refractivity contribution is -0.137. The smallest absolute Gasteiger partial charge is 0.338 e. The fourth-order valence-corrected chi connectivity index (χ4v) is 3.52. The van der Waals surface area contributed by atoms with Crippen LogP contribution in [0, 0.1) is 0 Å². The van der Waals surface area contributed by atoms with Gasteiger partial charge in [-0.05, 0) is 43.2 Å². The first-order valence-electron chi connectivity index (χ1n) is 8.69. The maximum atomic E-state index is 12.9. The molecule has 1 aliphatic rings. The maximum absolute atomic E-state index is 12.9. The van der Waals surface area contributed by atoms with Crippen molar-refractivity contribution in [3.63, 3.8) is 0 Å². The summed E-state index contributed by atoms with van der Waals surface area (Å²) in [5.74, 6) is 0.373. The van der Waals surface area contributed by atoms with Crippen LogP contribution in [0.5, 0.6) is 0 Å². The molecule has 1 aliphatic heterocycles. The normalized spacial score (nSPS) is 18.0. The number of fused-ring (bicyclic) bond motifs is 1. The predicted octanol–water partition coefficient (Wildman–Crippen LogP) is 3.77. The Morgan fingerprint density at radius 2 is 1.96 bits per heavy atom. The number of amides is 1. The van der Waals surface area contributed by atoms with Crippen molar-refractivity contribution in [1.29, 1.82) is 0 Å². The number of hydrogen-bond donors (Lipinski definition) is 0. The number of halogens is 3. The number of nitrogens with zero attached hydrogens (tertiary/aromatic N) is 4. The molecule has 4 rings (SSSR count). The molecule has 1 unspecified atom stereocenters. The van der Waals surface area contributed by atoms with Gasteiger partial charge in [-0.15, -0.1) is 10.2 Å². The average Bonchev–Trinajstić information content (AvgIpc) is 3.11. The summed E-state index contributed by atoms with van der Waals surface area (Å²) < 4.78 is 40.7. The third kappa shape index (κ3) is 3.39. The minimum Gasteiger partial charge on any atom is -0.338 e. The van der Waals surface area contributed by atoms with Crippen molar-refractivity contribution >= 4 is 11.6 Å². The van der Waals surface area contributed by atoms with Crippen molar-refractivity contribution in [2.45, 2.75) is 24.9 Å². The minimum atomic E-state index is -4.47. The maximum Gasteiger partial charge on any atom is 0.416 e. The van der Waals surface area contributed by atoms with Crippen LogP contribution in [-0.2, 0) is 6.18 Å². The van der Waals surface area contributed by atoms with Crippen molar-refractivity contribution < 1.29 is 18.0 Å². The van der Waals surface area contributed by atoms with E-state index < -0.39 is 11.7 Å². The molecule has 1 fully saturated rings. The lowest BCUT2D eigenvalue weighted by atomic mass is 9.96. The van der Waals surface area contributed by atoms with E-state index in [1.165, 1.54) is 12.1 Å². The quantitative estimate of drug-likeness (QED) is 0.686. The van der Waals surface area contributed by atoms with Crippen LogP contribution >= 0.6 is 0 Å². The number of likely N-dealkylation sites (tertiary alicyclic amines) is 1. The molecule has 0 N–H and O–H groups in total. The Balaban J connectivity index is 1.57. The Labute approximate surface area is 153 Å². The number of alkyl halides is 3. The molecule has 3 heterocycles. The Bertz CT molecular complexity index is 982. The molecule has 5 nitrogen and oxygen atoms in total. The van der Waals surface area contributed by atoms with Gasteiger partial charge in [0.2, 0.25) is 0 Å². The molecule has 27 heavy (non-hydrogen) atoms. The number of carbonyl (C=O) groups is 1. The largest absolute Gasteiger partial charge is 0.416 e. The molecule has 8 heteroatoms. The summed E-state index contributed by atoms with van der Waals surface area (Å²) in [6.45, 7) is 0.924. The molecule has 0 spiro atoms. The zero-order chi connectivity index (χ0) is 19.0. The van der Waals surface area contributed by atoms with Crippen molar-refractivity contribution in [3.05, 3.63) is 65.6 Å². The highest BCUT2D eigenvalue weighted by atomic mass is 19.4. The second-order valence-corrected chi connectivity index (χ2v) is 6.66. The van der Waals surface area contributed by atoms with Crippen LogP contribution in [0.3, 0.4) is 0 Å². The predicted molar refractivity (Wildman–Crippen MR) is 92.3 cm³/mol. The van der Waals surface area contributed by atoms with Crippen LogP contribution in [0.2, 0.25) is 0 Å². The first-order valence-corrected chi connectivity index (χ1v) is 8.69. The highest BCUT2D eigenvalue weighted by Crippen LogP contribution is 2.31. The number of pyridine rings is 1. The first-order chi connectivity index (χ1) is 12.9. The van der Waals surface area contributed by atoms with Crippen molar-refractivity contribution in [1.82, 2.24) is 19.5 Å². The van der Waals surface area contributed by atoms with E-state index in [1.807, 2.05) is 28.8 Å². The lowest BCUT2D eigenvalue weighted by Crippen LogP contribution is -2.39. The van der Waals surface area contributed by atoms with Crippen LogP contribution < -0.4 is 0 Å². The fourth-order valence-electron chi connectivity index (χ4n) is 3.52. The second kappa shape index (κ2) is 6.68. The van der Waals surface area contributed by atoms with E-state index in [4.69, 9.17) is 0 Å². The van der Waals surface area contributed by atoms with E-state index in [9.17, 15) is 18.0 Å². The molecular formula is C19H17F3N4O. The monoisotopic (exact) mass is 374 g/mol. The molecule has 0 bridgehead atoms. The standard InChI is InChI=1S/C19H17F3N4O/c20-19(21,22)15-7-3-5-13(11-15)18(27)25-9-4-6-14(12-25)17-24-23-16-8-1-2-10-26(16)17/h1-3,5,7-8,10-11,14H,4,6,9,12H2. The summed E-state index contributed by atoms with van der Waals surface area (Å²) in [7, 11) is 0. The Kier molecular flexibility index (Phi) is 4.33. The first kappa shape index (κ1) is 17.5. The summed E-state index contributed by atoms with van der Waals surface area (Å²) >= 11 is 0. The van der Waals surface area contributed by atoms with Gasteiger partial charge >= 0.3 is 6.18 Å². The lowest BCUT2D eigenvalue weighted by Gasteiger charge is -2.32. The van der Waals surface area contributed by atoms with Crippen molar-refractivity contribution in [2.24, 2.45) is 0 Å². The van der Waals surface area contributed by atoms with E-state index in [0.717, 1.165) is 36.4 Å². The Morgan fingerprint density at radius 3 is 2.78 bits per heavy atom. The van der Waals surface area contributed by atoms with E-state index in [2.05, 4.69) is 10.2 Å². The van der Waals surface area contributed by atoms with Crippen LogP contribution in [0.15, 0.2) is 48.7 Å². The molecule has 0 aliphatic carbocycles. The van der Waals surface area contributed by atoms with Gasteiger partial charge in [-0.2, -0.15) is 13.2 Å². The van der Waals surface area contributed by atoms with E-state index in [-0.39, 0.29) is 17.4 Å². The van der Waals surface area contributed by atoms with Gasteiger partial charge < -0.3 is 4.90 Å². The number of aromatic nitrogens is 3. The molecular weight excluding hydrogens is 357 g/mol. The van der Waals surface area contributed by atoms with Gasteiger partial charge in [0, 0.05) is 30.8 Å². The topological polar surface area (TPSA) is 50.5 Å². The third-order valence-electron chi connectivity index (χ3n) is 4.85. The zero-order valence-electron chi connectivity index (χ0n) is 14.4. The average molecular weight is 374 g/mol. The van der Waals surface area contributed by atoms with Crippen LogP contribution in [-0.4, -0.2) is 38.5 Å². The number of piperidine rings is 1.